The first-order valence-corrected chi connectivity index (χ1v) is 11.5. The molecule has 34 heavy (non-hydrogen) atoms. The van der Waals surface area contributed by atoms with Gasteiger partial charge in [0, 0.05) is 29.7 Å². The Labute approximate surface area is 201 Å². The van der Waals surface area contributed by atoms with Crippen molar-refractivity contribution in [1.82, 2.24) is 10.6 Å². The Bertz CT molecular complexity index is 944. The van der Waals surface area contributed by atoms with Crippen molar-refractivity contribution in [2.24, 2.45) is 11.3 Å². The molecule has 2 amide bonds. The molecule has 2 rings (SSSR count). The molecule has 0 saturated carbocycles. The first-order chi connectivity index (χ1) is 16.1. The molecule has 0 heterocycles. The van der Waals surface area contributed by atoms with Crippen LogP contribution in [0.1, 0.15) is 51.2 Å². The molecule has 0 aliphatic rings. The fourth-order valence-corrected chi connectivity index (χ4v) is 3.91. The molecule has 8 heteroatoms. The van der Waals surface area contributed by atoms with E-state index < -0.39 is 12.1 Å². The van der Waals surface area contributed by atoms with Gasteiger partial charge in [0.2, 0.25) is 0 Å². The molecule has 0 bridgehead atoms. The molecule has 0 aliphatic carbocycles. The van der Waals surface area contributed by atoms with Crippen molar-refractivity contribution < 1.29 is 19.4 Å². The van der Waals surface area contributed by atoms with Gasteiger partial charge in [0.05, 0.1) is 19.3 Å². The summed E-state index contributed by atoms with van der Waals surface area (Å²) in [5, 5.41) is 34.9. The Kier molecular flexibility index (Phi) is 10.0. The summed E-state index contributed by atoms with van der Waals surface area (Å²) in [6.45, 7) is 8.18. The normalized spacial score (nSPS) is 12.5. The van der Waals surface area contributed by atoms with Crippen LogP contribution in [0.25, 0.3) is 0 Å². The summed E-state index contributed by atoms with van der Waals surface area (Å²) in [6, 6.07) is 10.9. The zero-order valence-electron chi connectivity index (χ0n) is 20.4. The van der Waals surface area contributed by atoms with E-state index in [2.05, 4.69) is 43.6 Å². The van der Waals surface area contributed by atoms with Crippen LogP contribution >= 0.6 is 0 Å². The van der Waals surface area contributed by atoms with Crippen molar-refractivity contribution >= 4 is 23.6 Å². The number of halogens is 1. The van der Waals surface area contributed by atoms with Gasteiger partial charge in [-0.3, -0.25) is 0 Å². The Hall–Kier alpha value is -2.97. The second kappa shape index (κ2) is 12.5. The van der Waals surface area contributed by atoms with Crippen molar-refractivity contribution in [2.75, 3.05) is 25.1 Å². The predicted octanol–water partition coefficient (Wildman–Crippen LogP) is 4.38. The number of benzene rings is 2. The average molecular weight is 473 g/mol. The number of hydrogen-bond acceptors (Lipinski definition) is 5. The molecule has 0 spiro atoms. The summed E-state index contributed by atoms with van der Waals surface area (Å²) in [4.78, 5) is 12.2. The SMILES string of the molecule is CC(C)CC(c1ccc(Nc2ccc(F)cc2)c(C=N)c1)C(C)(C)CNC(=O)NC(CO)CO. The number of amides is 2. The number of carbonyl (C=O) groups excluding carboxylic acids is 1. The lowest BCUT2D eigenvalue weighted by atomic mass is 9.71. The standard InChI is InChI=1S/C26H37FN4O3/c1-17(2)11-23(26(3,4)16-29-25(34)31-22(14-32)15-33)18-5-10-24(19(12-18)13-28)30-21-8-6-20(27)7-9-21/h5-10,12-13,17,22-23,28,30,32-33H,11,14-16H2,1-4H3,(H2,29,31,34). The molecule has 0 fully saturated rings. The van der Waals surface area contributed by atoms with Gasteiger partial charge in [-0.25, -0.2) is 9.18 Å². The summed E-state index contributed by atoms with van der Waals surface area (Å²) in [7, 11) is 0. The van der Waals surface area contributed by atoms with Crippen LogP contribution in [0, 0.1) is 22.6 Å². The van der Waals surface area contributed by atoms with E-state index in [-0.39, 0.29) is 30.4 Å². The number of nitrogens with one attached hydrogen (secondary N) is 4. The summed E-state index contributed by atoms with van der Waals surface area (Å²) in [5.74, 6) is 0.196. The van der Waals surface area contributed by atoms with E-state index in [9.17, 15) is 19.4 Å². The Morgan fingerprint density at radius 3 is 2.32 bits per heavy atom. The van der Waals surface area contributed by atoms with Crippen molar-refractivity contribution in [1.29, 1.82) is 5.41 Å². The molecular weight excluding hydrogens is 435 g/mol. The number of aliphatic hydroxyl groups is 2. The lowest BCUT2D eigenvalue weighted by Crippen LogP contribution is -2.48. The van der Waals surface area contributed by atoms with Gasteiger partial charge in [-0.05, 0) is 65.6 Å². The van der Waals surface area contributed by atoms with Crippen LogP contribution in [0.4, 0.5) is 20.6 Å². The fraction of sp³-hybridized carbons (Fsp3) is 0.462. The molecule has 0 saturated heterocycles. The molecular formula is C26H37FN4O3. The third-order valence-electron chi connectivity index (χ3n) is 5.89. The van der Waals surface area contributed by atoms with E-state index in [0.717, 1.165) is 23.4 Å². The largest absolute Gasteiger partial charge is 0.394 e. The van der Waals surface area contributed by atoms with E-state index in [0.29, 0.717) is 18.0 Å². The maximum Gasteiger partial charge on any atom is 0.315 e. The van der Waals surface area contributed by atoms with Gasteiger partial charge in [0.1, 0.15) is 5.82 Å². The van der Waals surface area contributed by atoms with Crippen molar-refractivity contribution in [3.05, 3.63) is 59.4 Å². The molecule has 186 valence electrons. The highest BCUT2D eigenvalue weighted by molar-refractivity contribution is 5.87. The molecule has 2 aromatic rings. The van der Waals surface area contributed by atoms with E-state index in [4.69, 9.17) is 5.41 Å². The molecule has 2 aromatic carbocycles. The molecule has 0 aliphatic heterocycles. The molecule has 0 aromatic heterocycles. The highest BCUT2D eigenvalue weighted by Gasteiger charge is 2.32. The summed E-state index contributed by atoms with van der Waals surface area (Å²) in [5.41, 5.74) is 2.94. The lowest BCUT2D eigenvalue weighted by molar-refractivity contribution is 0.166. The number of carbonyl (C=O) groups is 1. The van der Waals surface area contributed by atoms with Gasteiger partial charge >= 0.3 is 6.03 Å². The Balaban J connectivity index is 2.24. The average Bonchev–Trinajstić information content (AvgIpc) is 2.81. The van der Waals surface area contributed by atoms with E-state index >= 15 is 0 Å². The van der Waals surface area contributed by atoms with Crippen molar-refractivity contribution in [3.63, 3.8) is 0 Å². The van der Waals surface area contributed by atoms with Crippen LogP contribution in [-0.2, 0) is 0 Å². The maximum absolute atomic E-state index is 13.2. The lowest BCUT2D eigenvalue weighted by Gasteiger charge is -2.36. The van der Waals surface area contributed by atoms with Crippen LogP contribution in [0.5, 0.6) is 0 Å². The monoisotopic (exact) mass is 472 g/mol. The first-order valence-electron chi connectivity index (χ1n) is 11.5. The highest BCUT2D eigenvalue weighted by Crippen LogP contribution is 2.41. The first kappa shape index (κ1) is 27.3. The van der Waals surface area contributed by atoms with Gasteiger partial charge in [-0.1, -0.05) is 33.8 Å². The minimum absolute atomic E-state index is 0.0952. The second-order valence-electron chi connectivity index (χ2n) is 9.68. The highest BCUT2D eigenvalue weighted by atomic mass is 19.1. The minimum Gasteiger partial charge on any atom is -0.394 e. The zero-order chi connectivity index (χ0) is 25.3. The summed E-state index contributed by atoms with van der Waals surface area (Å²) in [6.07, 6.45) is 2.18. The third kappa shape index (κ3) is 7.81. The number of urea groups is 1. The van der Waals surface area contributed by atoms with Crippen LogP contribution in [0.3, 0.4) is 0 Å². The summed E-state index contributed by atoms with van der Waals surface area (Å²) >= 11 is 0. The summed E-state index contributed by atoms with van der Waals surface area (Å²) < 4.78 is 13.2. The van der Waals surface area contributed by atoms with Gasteiger partial charge in [0.25, 0.3) is 0 Å². The predicted molar refractivity (Wildman–Crippen MR) is 134 cm³/mol. The molecule has 0 radical (unpaired) electrons. The van der Waals surface area contributed by atoms with E-state index in [1.165, 1.54) is 18.3 Å². The number of hydrogen-bond donors (Lipinski definition) is 6. The van der Waals surface area contributed by atoms with Crippen molar-refractivity contribution in [2.45, 2.75) is 46.1 Å². The van der Waals surface area contributed by atoms with Gasteiger partial charge < -0.3 is 31.6 Å². The Morgan fingerprint density at radius 1 is 1.12 bits per heavy atom. The number of anilines is 2. The van der Waals surface area contributed by atoms with Crippen LogP contribution in [0.2, 0.25) is 0 Å². The fourth-order valence-electron chi connectivity index (χ4n) is 3.91. The van der Waals surface area contributed by atoms with Crippen LogP contribution < -0.4 is 16.0 Å². The van der Waals surface area contributed by atoms with Gasteiger partial charge in [0.15, 0.2) is 0 Å². The van der Waals surface area contributed by atoms with Gasteiger partial charge in [-0.2, -0.15) is 0 Å². The van der Waals surface area contributed by atoms with E-state index in [1.807, 2.05) is 18.2 Å². The smallest absolute Gasteiger partial charge is 0.315 e. The maximum atomic E-state index is 13.2. The zero-order valence-corrected chi connectivity index (χ0v) is 20.4. The topological polar surface area (TPSA) is 117 Å². The van der Waals surface area contributed by atoms with E-state index in [1.54, 1.807) is 12.1 Å². The number of rotatable bonds is 12. The molecule has 1 atom stereocenters. The minimum atomic E-state index is -0.703. The molecule has 1 unspecified atom stereocenters. The van der Waals surface area contributed by atoms with Crippen LogP contribution in [0.15, 0.2) is 42.5 Å². The van der Waals surface area contributed by atoms with Gasteiger partial charge in [-0.15, -0.1) is 0 Å². The second-order valence-corrected chi connectivity index (χ2v) is 9.68. The third-order valence-corrected chi connectivity index (χ3v) is 5.89. The Morgan fingerprint density at radius 2 is 1.76 bits per heavy atom. The molecule has 6 N–H and O–H groups in total. The number of aliphatic hydroxyl groups excluding tert-OH is 2. The van der Waals surface area contributed by atoms with Crippen molar-refractivity contribution in [3.8, 4) is 0 Å². The molecule has 7 nitrogen and oxygen atoms in total. The quantitative estimate of drug-likeness (QED) is 0.257. The van der Waals surface area contributed by atoms with Crippen LogP contribution in [-0.4, -0.2) is 48.3 Å².